The average Bonchev–Trinajstić information content (AvgIpc) is 3.02. The molecule has 0 saturated heterocycles. The molecule has 25 heavy (non-hydrogen) atoms. The van der Waals surface area contributed by atoms with Crippen molar-refractivity contribution < 1.29 is 19.1 Å². The molecule has 0 spiro atoms. The SMILES string of the molecule is O=C(O)CCCNC(=O)c1ccc2[nH]nc(-c3ccc(F)cc3)c2c1. The van der Waals surface area contributed by atoms with Crippen LogP contribution in [0.15, 0.2) is 42.5 Å². The van der Waals surface area contributed by atoms with Gasteiger partial charge in [0.05, 0.1) is 11.2 Å². The van der Waals surface area contributed by atoms with Crippen molar-refractivity contribution in [2.45, 2.75) is 12.8 Å². The highest BCUT2D eigenvalue weighted by Crippen LogP contribution is 2.27. The summed E-state index contributed by atoms with van der Waals surface area (Å²) in [4.78, 5) is 22.7. The molecule has 2 aromatic carbocycles. The number of aromatic nitrogens is 2. The van der Waals surface area contributed by atoms with Crippen LogP contribution >= 0.6 is 0 Å². The molecule has 0 aliphatic rings. The molecule has 0 unspecified atom stereocenters. The molecule has 0 saturated carbocycles. The van der Waals surface area contributed by atoms with E-state index in [4.69, 9.17) is 5.11 Å². The lowest BCUT2D eigenvalue weighted by Gasteiger charge is -2.05. The van der Waals surface area contributed by atoms with Crippen LogP contribution in [-0.2, 0) is 4.79 Å². The molecule has 0 aliphatic carbocycles. The Balaban J connectivity index is 1.81. The standard InChI is InChI=1S/C18H16FN3O3/c19-13-6-3-11(4-7-13)17-14-10-12(5-8-15(14)21-22-17)18(25)20-9-1-2-16(23)24/h3-8,10H,1-2,9H2,(H,20,25)(H,21,22)(H,23,24). The van der Waals surface area contributed by atoms with Gasteiger partial charge in [0.25, 0.3) is 5.91 Å². The number of benzene rings is 2. The monoisotopic (exact) mass is 341 g/mol. The second-order valence-electron chi connectivity index (χ2n) is 5.59. The number of halogens is 1. The molecule has 0 radical (unpaired) electrons. The van der Waals surface area contributed by atoms with Crippen molar-refractivity contribution in [1.82, 2.24) is 15.5 Å². The molecule has 0 fully saturated rings. The zero-order chi connectivity index (χ0) is 17.8. The van der Waals surface area contributed by atoms with Gasteiger partial charge in [-0.15, -0.1) is 0 Å². The first-order valence-corrected chi connectivity index (χ1v) is 7.78. The van der Waals surface area contributed by atoms with Crippen molar-refractivity contribution in [1.29, 1.82) is 0 Å². The molecule has 3 aromatic rings. The van der Waals surface area contributed by atoms with E-state index in [-0.39, 0.29) is 18.1 Å². The minimum absolute atomic E-state index is 0.00968. The zero-order valence-corrected chi connectivity index (χ0v) is 13.3. The molecule has 3 N–H and O–H groups in total. The Morgan fingerprint density at radius 2 is 1.92 bits per heavy atom. The Kier molecular flexibility index (Phi) is 4.74. The second-order valence-corrected chi connectivity index (χ2v) is 5.59. The van der Waals surface area contributed by atoms with E-state index in [9.17, 15) is 14.0 Å². The fourth-order valence-corrected chi connectivity index (χ4v) is 2.53. The summed E-state index contributed by atoms with van der Waals surface area (Å²) in [5.74, 6) is -1.50. The number of rotatable bonds is 6. The summed E-state index contributed by atoms with van der Waals surface area (Å²) in [7, 11) is 0. The number of carbonyl (C=O) groups is 2. The van der Waals surface area contributed by atoms with Crippen LogP contribution in [0.2, 0.25) is 0 Å². The number of aromatic amines is 1. The van der Waals surface area contributed by atoms with Crippen molar-refractivity contribution in [3.05, 3.63) is 53.8 Å². The first-order valence-electron chi connectivity index (χ1n) is 7.78. The molecule has 0 atom stereocenters. The molecule has 1 heterocycles. The maximum atomic E-state index is 13.1. The van der Waals surface area contributed by atoms with E-state index in [0.717, 1.165) is 16.5 Å². The van der Waals surface area contributed by atoms with Crippen LogP contribution in [-0.4, -0.2) is 33.7 Å². The largest absolute Gasteiger partial charge is 0.481 e. The van der Waals surface area contributed by atoms with E-state index >= 15 is 0 Å². The highest BCUT2D eigenvalue weighted by atomic mass is 19.1. The van der Waals surface area contributed by atoms with Crippen LogP contribution in [0.4, 0.5) is 4.39 Å². The van der Waals surface area contributed by atoms with Crippen molar-refractivity contribution in [3.63, 3.8) is 0 Å². The summed E-state index contributed by atoms with van der Waals surface area (Å²) in [5, 5.41) is 19.2. The van der Waals surface area contributed by atoms with E-state index in [2.05, 4.69) is 15.5 Å². The number of carboxylic acids is 1. The number of H-pyrrole nitrogens is 1. The Hall–Kier alpha value is -3.22. The van der Waals surface area contributed by atoms with Gasteiger partial charge >= 0.3 is 5.97 Å². The number of fused-ring (bicyclic) bond motifs is 1. The lowest BCUT2D eigenvalue weighted by molar-refractivity contribution is -0.137. The van der Waals surface area contributed by atoms with Crippen molar-refractivity contribution in [3.8, 4) is 11.3 Å². The van der Waals surface area contributed by atoms with E-state index in [1.165, 1.54) is 12.1 Å². The number of nitrogens with one attached hydrogen (secondary N) is 2. The summed E-state index contributed by atoms with van der Waals surface area (Å²) in [6.45, 7) is 0.291. The average molecular weight is 341 g/mol. The fourth-order valence-electron chi connectivity index (χ4n) is 2.53. The first-order chi connectivity index (χ1) is 12.0. The Labute approximate surface area is 142 Å². The third-order valence-corrected chi connectivity index (χ3v) is 3.80. The van der Waals surface area contributed by atoms with Crippen molar-refractivity contribution >= 4 is 22.8 Å². The first kappa shape index (κ1) is 16.6. The highest BCUT2D eigenvalue weighted by Gasteiger charge is 2.12. The number of carboxylic acid groups (broad SMARTS) is 1. The molecule has 3 rings (SSSR count). The lowest BCUT2D eigenvalue weighted by Crippen LogP contribution is -2.24. The van der Waals surface area contributed by atoms with Gasteiger partial charge in [0.15, 0.2) is 0 Å². The summed E-state index contributed by atoms with van der Waals surface area (Å²) >= 11 is 0. The molecule has 0 bridgehead atoms. The van der Waals surface area contributed by atoms with Crippen LogP contribution in [0.25, 0.3) is 22.2 Å². The van der Waals surface area contributed by atoms with Crippen LogP contribution in [0.5, 0.6) is 0 Å². The van der Waals surface area contributed by atoms with Gasteiger partial charge in [-0.25, -0.2) is 4.39 Å². The number of hydrogen-bond acceptors (Lipinski definition) is 3. The molecular formula is C18H16FN3O3. The molecule has 7 heteroatoms. The van der Waals surface area contributed by atoms with Gasteiger partial charge in [0, 0.05) is 29.5 Å². The predicted octanol–water partition coefficient (Wildman–Crippen LogP) is 2.96. The third kappa shape index (κ3) is 3.82. The number of nitrogens with zero attached hydrogens (tertiary/aromatic N) is 1. The summed E-state index contributed by atoms with van der Waals surface area (Å²) < 4.78 is 13.1. The van der Waals surface area contributed by atoms with E-state index < -0.39 is 5.97 Å². The van der Waals surface area contributed by atoms with Gasteiger partial charge in [-0.3, -0.25) is 14.7 Å². The smallest absolute Gasteiger partial charge is 0.303 e. The number of hydrogen-bond donors (Lipinski definition) is 3. The minimum atomic E-state index is -0.891. The summed E-state index contributed by atoms with van der Waals surface area (Å²) in [6, 6.07) is 11.1. The lowest BCUT2D eigenvalue weighted by atomic mass is 10.1. The maximum Gasteiger partial charge on any atom is 0.303 e. The fraction of sp³-hybridized carbons (Fsp3) is 0.167. The molecule has 6 nitrogen and oxygen atoms in total. The van der Waals surface area contributed by atoms with Gasteiger partial charge < -0.3 is 10.4 Å². The number of aliphatic carboxylic acids is 1. The van der Waals surface area contributed by atoms with Gasteiger partial charge in [0.1, 0.15) is 5.82 Å². The van der Waals surface area contributed by atoms with Crippen molar-refractivity contribution in [2.24, 2.45) is 0 Å². The van der Waals surface area contributed by atoms with Crippen LogP contribution in [0.1, 0.15) is 23.2 Å². The van der Waals surface area contributed by atoms with Gasteiger partial charge in [-0.2, -0.15) is 5.10 Å². The van der Waals surface area contributed by atoms with E-state index in [1.807, 2.05) is 0 Å². The van der Waals surface area contributed by atoms with Crippen LogP contribution < -0.4 is 5.32 Å². The summed E-state index contributed by atoms with van der Waals surface area (Å²) in [5.41, 5.74) is 2.59. The predicted molar refractivity (Wildman–Crippen MR) is 90.7 cm³/mol. The Bertz CT molecular complexity index is 919. The molecule has 1 amide bonds. The van der Waals surface area contributed by atoms with Gasteiger partial charge in [-0.1, -0.05) is 0 Å². The van der Waals surface area contributed by atoms with Gasteiger partial charge in [-0.05, 0) is 48.9 Å². The van der Waals surface area contributed by atoms with Crippen LogP contribution in [0, 0.1) is 5.82 Å². The molecule has 1 aromatic heterocycles. The third-order valence-electron chi connectivity index (χ3n) is 3.80. The molecule has 128 valence electrons. The van der Waals surface area contributed by atoms with E-state index in [0.29, 0.717) is 24.2 Å². The maximum absolute atomic E-state index is 13.1. The second kappa shape index (κ2) is 7.12. The van der Waals surface area contributed by atoms with E-state index in [1.54, 1.807) is 30.3 Å². The molecule has 0 aliphatic heterocycles. The van der Waals surface area contributed by atoms with Gasteiger partial charge in [0.2, 0.25) is 0 Å². The minimum Gasteiger partial charge on any atom is -0.481 e. The zero-order valence-electron chi connectivity index (χ0n) is 13.3. The summed E-state index contributed by atoms with van der Waals surface area (Å²) in [6.07, 6.45) is 0.381. The molecular weight excluding hydrogens is 325 g/mol. The Morgan fingerprint density at radius 1 is 1.16 bits per heavy atom. The number of amides is 1. The normalized spacial score (nSPS) is 10.8. The van der Waals surface area contributed by atoms with Crippen LogP contribution in [0.3, 0.4) is 0 Å². The highest BCUT2D eigenvalue weighted by molar-refractivity contribution is 6.01. The van der Waals surface area contributed by atoms with Crippen molar-refractivity contribution in [2.75, 3.05) is 6.54 Å². The quantitative estimate of drug-likeness (QED) is 0.601. The number of carbonyl (C=O) groups excluding carboxylic acids is 1. The topological polar surface area (TPSA) is 95.1 Å². The Morgan fingerprint density at radius 3 is 2.64 bits per heavy atom.